The molecule has 21 heavy (non-hydrogen) atoms. The Balaban J connectivity index is 2.16. The van der Waals surface area contributed by atoms with Gasteiger partial charge in [-0.1, -0.05) is 11.6 Å². The third kappa shape index (κ3) is 3.96. The summed E-state index contributed by atoms with van der Waals surface area (Å²) in [4.78, 5) is 12.1. The van der Waals surface area contributed by atoms with Crippen molar-refractivity contribution in [3.63, 3.8) is 0 Å². The van der Waals surface area contributed by atoms with Crippen LogP contribution in [-0.2, 0) is 6.18 Å². The Hall–Kier alpha value is -1.57. The molecule has 2 rings (SSSR count). The van der Waals surface area contributed by atoms with Gasteiger partial charge in [-0.2, -0.15) is 13.2 Å². The van der Waals surface area contributed by atoms with E-state index in [9.17, 15) is 18.0 Å². The molecule has 0 atom stereocenters. The third-order valence-electron chi connectivity index (χ3n) is 2.84. The molecule has 0 saturated carbocycles. The lowest BCUT2D eigenvalue weighted by molar-refractivity contribution is -0.137. The Bertz CT molecular complexity index is 666. The van der Waals surface area contributed by atoms with E-state index in [0.29, 0.717) is 11.3 Å². The van der Waals surface area contributed by atoms with Crippen LogP contribution in [0.1, 0.15) is 21.5 Å². The van der Waals surface area contributed by atoms with Gasteiger partial charge in [0.1, 0.15) is 0 Å². The van der Waals surface area contributed by atoms with Gasteiger partial charge < -0.3 is 5.32 Å². The molecule has 0 radical (unpaired) electrons. The summed E-state index contributed by atoms with van der Waals surface area (Å²) in [5.41, 5.74) is 1.10. The first-order chi connectivity index (χ1) is 9.77. The fourth-order valence-corrected chi connectivity index (χ4v) is 2.66. The Morgan fingerprint density at radius 3 is 2.24 bits per heavy atom. The highest BCUT2D eigenvalue weighted by Crippen LogP contribution is 2.30. The molecule has 0 aliphatic rings. The highest BCUT2D eigenvalue weighted by atomic mass is 127. The van der Waals surface area contributed by atoms with E-state index >= 15 is 0 Å². The van der Waals surface area contributed by atoms with Gasteiger partial charge in [0.05, 0.1) is 11.1 Å². The van der Waals surface area contributed by atoms with E-state index in [1.807, 2.05) is 19.1 Å². The molecule has 0 saturated heterocycles. The molecule has 0 aromatic heterocycles. The van der Waals surface area contributed by atoms with Crippen LogP contribution in [0.5, 0.6) is 0 Å². The minimum absolute atomic E-state index is 0.323. The average Bonchev–Trinajstić information content (AvgIpc) is 2.38. The Kier molecular flexibility index (Phi) is 4.55. The lowest BCUT2D eigenvalue weighted by atomic mass is 10.1. The molecular weight excluding hydrogens is 394 g/mol. The molecule has 1 amide bonds. The molecule has 0 fully saturated rings. The summed E-state index contributed by atoms with van der Waals surface area (Å²) in [6, 6.07) is 9.72. The Labute approximate surface area is 133 Å². The molecular formula is C15H11F3INO. The number of rotatable bonds is 2. The van der Waals surface area contributed by atoms with Gasteiger partial charge in [-0.25, -0.2) is 0 Å². The van der Waals surface area contributed by atoms with E-state index in [0.717, 1.165) is 21.3 Å². The van der Waals surface area contributed by atoms with E-state index in [1.54, 1.807) is 6.07 Å². The second kappa shape index (κ2) is 6.05. The van der Waals surface area contributed by atoms with Crippen LogP contribution in [0.4, 0.5) is 18.9 Å². The monoisotopic (exact) mass is 405 g/mol. The van der Waals surface area contributed by atoms with Gasteiger partial charge in [0.2, 0.25) is 0 Å². The first-order valence-corrected chi connectivity index (χ1v) is 7.10. The van der Waals surface area contributed by atoms with Crippen molar-refractivity contribution in [2.24, 2.45) is 0 Å². The van der Waals surface area contributed by atoms with Crippen molar-refractivity contribution in [3.8, 4) is 0 Å². The molecule has 0 unspecified atom stereocenters. The van der Waals surface area contributed by atoms with Crippen molar-refractivity contribution >= 4 is 34.2 Å². The van der Waals surface area contributed by atoms with Crippen molar-refractivity contribution < 1.29 is 18.0 Å². The highest BCUT2D eigenvalue weighted by molar-refractivity contribution is 14.1. The first-order valence-electron chi connectivity index (χ1n) is 6.02. The maximum absolute atomic E-state index is 12.4. The smallest absolute Gasteiger partial charge is 0.322 e. The molecule has 0 aliphatic carbocycles. The average molecular weight is 405 g/mol. The van der Waals surface area contributed by atoms with Crippen LogP contribution in [-0.4, -0.2) is 5.91 Å². The van der Waals surface area contributed by atoms with Gasteiger partial charge in [-0.05, 0) is 65.9 Å². The standard InChI is InChI=1S/C15H11F3INO/c1-9-2-7-12(13(19)8-9)14(21)20-11-5-3-10(4-6-11)15(16,17)18/h2-8H,1H3,(H,20,21). The van der Waals surface area contributed by atoms with Crippen molar-refractivity contribution in [2.45, 2.75) is 13.1 Å². The zero-order chi connectivity index (χ0) is 15.6. The van der Waals surface area contributed by atoms with Gasteiger partial charge >= 0.3 is 6.18 Å². The summed E-state index contributed by atoms with van der Waals surface area (Å²) in [6.45, 7) is 1.92. The molecule has 1 N–H and O–H groups in total. The predicted octanol–water partition coefficient (Wildman–Crippen LogP) is 4.87. The van der Waals surface area contributed by atoms with Crippen LogP contribution in [0.2, 0.25) is 0 Å². The number of carbonyl (C=O) groups is 1. The summed E-state index contributed by atoms with van der Waals surface area (Å²) in [6.07, 6.45) is -4.38. The zero-order valence-corrected chi connectivity index (χ0v) is 13.1. The minimum Gasteiger partial charge on any atom is -0.322 e. The summed E-state index contributed by atoms with van der Waals surface area (Å²) in [7, 11) is 0. The molecule has 0 aliphatic heterocycles. The normalized spacial score (nSPS) is 11.3. The van der Waals surface area contributed by atoms with Crippen LogP contribution in [0.25, 0.3) is 0 Å². The Morgan fingerprint density at radius 2 is 1.71 bits per heavy atom. The van der Waals surface area contributed by atoms with Crippen LogP contribution >= 0.6 is 22.6 Å². The van der Waals surface area contributed by atoms with E-state index in [-0.39, 0.29) is 5.91 Å². The molecule has 2 nitrogen and oxygen atoms in total. The maximum Gasteiger partial charge on any atom is 0.416 e. The fraction of sp³-hybridized carbons (Fsp3) is 0.133. The third-order valence-corrected chi connectivity index (χ3v) is 3.73. The van der Waals surface area contributed by atoms with E-state index < -0.39 is 11.7 Å². The van der Waals surface area contributed by atoms with Crippen molar-refractivity contribution in [3.05, 3.63) is 62.7 Å². The van der Waals surface area contributed by atoms with Crippen LogP contribution < -0.4 is 5.32 Å². The largest absolute Gasteiger partial charge is 0.416 e. The summed E-state index contributed by atoms with van der Waals surface area (Å²) in [5.74, 6) is -0.348. The number of hydrogen-bond acceptors (Lipinski definition) is 1. The number of benzene rings is 2. The topological polar surface area (TPSA) is 29.1 Å². The van der Waals surface area contributed by atoms with E-state index in [1.165, 1.54) is 12.1 Å². The lowest BCUT2D eigenvalue weighted by Gasteiger charge is -2.10. The quantitative estimate of drug-likeness (QED) is 0.710. The fourth-order valence-electron chi connectivity index (χ4n) is 1.75. The molecule has 2 aromatic carbocycles. The number of aryl methyl sites for hydroxylation is 1. The van der Waals surface area contributed by atoms with Gasteiger partial charge in [0, 0.05) is 9.26 Å². The van der Waals surface area contributed by atoms with Crippen molar-refractivity contribution in [1.29, 1.82) is 0 Å². The number of hydrogen-bond donors (Lipinski definition) is 1. The van der Waals surface area contributed by atoms with Gasteiger partial charge in [-0.3, -0.25) is 4.79 Å². The molecule has 0 bridgehead atoms. The first kappa shape index (κ1) is 15.8. The second-order valence-electron chi connectivity index (χ2n) is 4.51. The van der Waals surface area contributed by atoms with Crippen LogP contribution in [0.3, 0.4) is 0 Å². The molecule has 6 heteroatoms. The summed E-state index contributed by atoms with van der Waals surface area (Å²) >= 11 is 2.05. The SMILES string of the molecule is Cc1ccc(C(=O)Nc2ccc(C(F)(F)F)cc2)c(I)c1. The number of carbonyl (C=O) groups excluding carboxylic acids is 1. The summed E-state index contributed by atoms with van der Waals surface area (Å²) in [5, 5.41) is 2.59. The molecule has 0 heterocycles. The van der Waals surface area contributed by atoms with Crippen molar-refractivity contribution in [1.82, 2.24) is 0 Å². The summed E-state index contributed by atoms with van der Waals surface area (Å²) < 4.78 is 38.1. The minimum atomic E-state index is -4.38. The highest BCUT2D eigenvalue weighted by Gasteiger charge is 2.30. The number of anilines is 1. The van der Waals surface area contributed by atoms with E-state index in [2.05, 4.69) is 27.9 Å². The zero-order valence-electron chi connectivity index (χ0n) is 11.0. The Morgan fingerprint density at radius 1 is 1.10 bits per heavy atom. The maximum atomic E-state index is 12.4. The van der Waals surface area contributed by atoms with E-state index in [4.69, 9.17) is 0 Å². The van der Waals surface area contributed by atoms with Gasteiger partial charge in [-0.15, -0.1) is 0 Å². The molecule has 110 valence electrons. The molecule has 0 spiro atoms. The molecule has 2 aromatic rings. The number of halogens is 4. The predicted molar refractivity (Wildman–Crippen MR) is 83.3 cm³/mol. The van der Waals surface area contributed by atoms with Crippen molar-refractivity contribution in [2.75, 3.05) is 5.32 Å². The van der Waals surface area contributed by atoms with Gasteiger partial charge in [0.15, 0.2) is 0 Å². The second-order valence-corrected chi connectivity index (χ2v) is 5.67. The van der Waals surface area contributed by atoms with Crippen LogP contribution in [0.15, 0.2) is 42.5 Å². The number of amides is 1. The number of nitrogens with one attached hydrogen (secondary N) is 1. The van der Waals surface area contributed by atoms with Crippen LogP contribution in [0, 0.1) is 10.5 Å². The number of alkyl halides is 3. The lowest BCUT2D eigenvalue weighted by Crippen LogP contribution is -2.14. The van der Waals surface area contributed by atoms with Gasteiger partial charge in [0.25, 0.3) is 5.91 Å².